The number of aliphatic carboxylic acids is 1. The van der Waals surface area contributed by atoms with E-state index in [1.54, 1.807) is 26.1 Å². The molecule has 2 aromatic heterocycles. The van der Waals surface area contributed by atoms with Crippen molar-refractivity contribution in [2.24, 2.45) is 5.41 Å². The molecule has 0 amide bonds. The van der Waals surface area contributed by atoms with Gasteiger partial charge in [-0.25, -0.2) is 4.68 Å². The summed E-state index contributed by atoms with van der Waals surface area (Å²) in [6.45, 7) is 3.40. The van der Waals surface area contributed by atoms with Crippen LogP contribution in [0.15, 0.2) is 22.8 Å². The molecular formula is C11H12BrN5O2. The highest BCUT2D eigenvalue weighted by Crippen LogP contribution is 2.25. The second-order valence-corrected chi connectivity index (χ2v) is 5.54. The third-order valence-electron chi connectivity index (χ3n) is 2.63. The number of carboxylic acids is 1. The maximum atomic E-state index is 11.2. The summed E-state index contributed by atoms with van der Waals surface area (Å²) < 4.78 is 2.19. The molecule has 2 heterocycles. The van der Waals surface area contributed by atoms with Crippen molar-refractivity contribution in [2.45, 2.75) is 20.4 Å². The van der Waals surface area contributed by atoms with E-state index in [2.05, 4.69) is 36.4 Å². The standard InChI is InChI=1S/C11H12BrN5O2/c1-11(2,10(18)19)6-17-9(14-15-16-17)8-7(12)4-3-5-13-8/h3-5H,6H2,1-2H3,(H,18,19). The fourth-order valence-electron chi connectivity index (χ4n) is 1.47. The van der Waals surface area contributed by atoms with Crippen LogP contribution in [0.2, 0.25) is 0 Å². The molecule has 0 aliphatic rings. The van der Waals surface area contributed by atoms with Gasteiger partial charge in [-0.1, -0.05) is 0 Å². The normalized spacial score (nSPS) is 11.5. The molecule has 0 saturated carbocycles. The molecule has 0 fully saturated rings. The van der Waals surface area contributed by atoms with Gasteiger partial charge in [-0.2, -0.15) is 0 Å². The zero-order chi connectivity index (χ0) is 14.0. The topological polar surface area (TPSA) is 93.8 Å². The smallest absolute Gasteiger partial charge is 0.310 e. The Morgan fingerprint density at radius 1 is 1.53 bits per heavy atom. The zero-order valence-corrected chi connectivity index (χ0v) is 12.0. The van der Waals surface area contributed by atoms with Crippen molar-refractivity contribution < 1.29 is 9.90 Å². The fourth-order valence-corrected chi connectivity index (χ4v) is 1.91. The van der Waals surface area contributed by atoms with E-state index >= 15 is 0 Å². The minimum Gasteiger partial charge on any atom is -0.481 e. The predicted octanol–water partition coefficient (Wildman–Crippen LogP) is 1.61. The lowest BCUT2D eigenvalue weighted by molar-refractivity contribution is -0.147. The van der Waals surface area contributed by atoms with Gasteiger partial charge in [0.05, 0.1) is 12.0 Å². The maximum absolute atomic E-state index is 11.2. The summed E-state index contributed by atoms with van der Waals surface area (Å²) in [5, 5.41) is 20.5. The van der Waals surface area contributed by atoms with Gasteiger partial charge in [0.25, 0.3) is 0 Å². The molecule has 0 saturated heterocycles. The van der Waals surface area contributed by atoms with Crippen LogP contribution < -0.4 is 0 Å². The second kappa shape index (κ2) is 5.04. The van der Waals surface area contributed by atoms with E-state index < -0.39 is 11.4 Å². The van der Waals surface area contributed by atoms with Crippen molar-refractivity contribution in [1.29, 1.82) is 0 Å². The molecule has 8 heteroatoms. The lowest BCUT2D eigenvalue weighted by Crippen LogP contribution is -2.30. The monoisotopic (exact) mass is 325 g/mol. The Kier molecular flexibility index (Phi) is 3.61. The Balaban J connectivity index is 2.39. The van der Waals surface area contributed by atoms with E-state index in [4.69, 9.17) is 5.11 Å². The number of nitrogens with zero attached hydrogens (tertiary/aromatic N) is 5. The van der Waals surface area contributed by atoms with Crippen molar-refractivity contribution in [1.82, 2.24) is 25.2 Å². The molecule has 1 N–H and O–H groups in total. The van der Waals surface area contributed by atoms with E-state index in [0.29, 0.717) is 11.5 Å². The number of halogens is 1. The Hall–Kier alpha value is -1.83. The SMILES string of the molecule is CC(C)(Cn1nnnc1-c1ncccc1Br)C(=O)O. The summed E-state index contributed by atoms with van der Waals surface area (Å²) in [4.78, 5) is 15.4. The van der Waals surface area contributed by atoms with Gasteiger partial charge in [0.15, 0.2) is 0 Å². The molecule has 0 aliphatic heterocycles. The van der Waals surface area contributed by atoms with Crippen LogP contribution in [0.4, 0.5) is 0 Å². The summed E-state index contributed by atoms with van der Waals surface area (Å²) in [6.07, 6.45) is 1.63. The summed E-state index contributed by atoms with van der Waals surface area (Å²) in [5.41, 5.74) is -0.389. The van der Waals surface area contributed by atoms with Gasteiger partial charge in [0.1, 0.15) is 5.69 Å². The first-order valence-electron chi connectivity index (χ1n) is 5.52. The molecule has 0 unspecified atom stereocenters. The maximum Gasteiger partial charge on any atom is 0.310 e. The van der Waals surface area contributed by atoms with Crippen molar-refractivity contribution in [3.63, 3.8) is 0 Å². The number of rotatable bonds is 4. The summed E-state index contributed by atoms with van der Waals surface area (Å²) in [6, 6.07) is 3.60. The van der Waals surface area contributed by atoms with Gasteiger partial charge in [0, 0.05) is 10.7 Å². The van der Waals surface area contributed by atoms with Crippen molar-refractivity contribution in [3.8, 4) is 11.5 Å². The first-order valence-corrected chi connectivity index (χ1v) is 6.31. The van der Waals surface area contributed by atoms with Crippen LogP contribution in [0.5, 0.6) is 0 Å². The molecule has 0 aliphatic carbocycles. The van der Waals surface area contributed by atoms with Crippen LogP contribution >= 0.6 is 15.9 Å². The second-order valence-electron chi connectivity index (χ2n) is 4.68. The highest BCUT2D eigenvalue weighted by Gasteiger charge is 2.30. The zero-order valence-electron chi connectivity index (χ0n) is 10.4. The molecule has 7 nitrogen and oxygen atoms in total. The summed E-state index contributed by atoms with van der Waals surface area (Å²) in [7, 11) is 0. The number of pyridine rings is 1. The van der Waals surface area contributed by atoms with Gasteiger partial charge >= 0.3 is 5.97 Å². The lowest BCUT2D eigenvalue weighted by atomic mass is 9.94. The number of carbonyl (C=O) groups is 1. The lowest BCUT2D eigenvalue weighted by Gasteiger charge is -2.19. The van der Waals surface area contributed by atoms with Gasteiger partial charge in [-0.3, -0.25) is 9.78 Å². The van der Waals surface area contributed by atoms with Gasteiger partial charge in [-0.05, 0) is 52.3 Å². The van der Waals surface area contributed by atoms with Crippen LogP contribution in [0.25, 0.3) is 11.5 Å². The number of hydrogen-bond acceptors (Lipinski definition) is 5. The Bertz CT molecular complexity index is 611. The van der Waals surface area contributed by atoms with Crippen molar-refractivity contribution in [2.75, 3.05) is 0 Å². The number of hydrogen-bond donors (Lipinski definition) is 1. The quantitative estimate of drug-likeness (QED) is 0.917. The van der Waals surface area contributed by atoms with Crippen LogP contribution in [-0.4, -0.2) is 36.3 Å². The molecule has 0 aromatic carbocycles. The Labute approximate surface area is 117 Å². The predicted molar refractivity (Wildman–Crippen MR) is 70.2 cm³/mol. The average molecular weight is 326 g/mol. The van der Waals surface area contributed by atoms with E-state index in [1.165, 1.54) is 4.68 Å². The summed E-state index contributed by atoms with van der Waals surface area (Å²) in [5.74, 6) is -0.476. The third kappa shape index (κ3) is 2.78. The fraction of sp³-hybridized carbons (Fsp3) is 0.364. The molecule has 19 heavy (non-hydrogen) atoms. The summed E-state index contributed by atoms with van der Waals surface area (Å²) >= 11 is 3.37. The van der Waals surface area contributed by atoms with Gasteiger partial charge in [0.2, 0.25) is 5.82 Å². The molecule has 2 aromatic rings. The number of tetrazole rings is 1. The highest BCUT2D eigenvalue weighted by atomic mass is 79.9. The molecule has 100 valence electrons. The van der Waals surface area contributed by atoms with Gasteiger partial charge in [-0.15, -0.1) is 5.10 Å². The van der Waals surface area contributed by atoms with E-state index in [-0.39, 0.29) is 6.54 Å². The van der Waals surface area contributed by atoms with Crippen molar-refractivity contribution in [3.05, 3.63) is 22.8 Å². The molecule has 0 atom stereocenters. The largest absolute Gasteiger partial charge is 0.481 e. The molecular weight excluding hydrogens is 314 g/mol. The van der Waals surface area contributed by atoms with E-state index in [9.17, 15) is 4.79 Å². The minimum absolute atomic E-state index is 0.160. The number of carboxylic acid groups (broad SMARTS) is 1. The highest BCUT2D eigenvalue weighted by molar-refractivity contribution is 9.10. The molecule has 0 radical (unpaired) electrons. The Morgan fingerprint density at radius 3 is 2.89 bits per heavy atom. The third-order valence-corrected chi connectivity index (χ3v) is 3.27. The first kappa shape index (κ1) is 13.6. The van der Waals surface area contributed by atoms with Crippen LogP contribution in [-0.2, 0) is 11.3 Å². The first-order chi connectivity index (χ1) is 8.92. The molecule has 2 rings (SSSR count). The van der Waals surface area contributed by atoms with E-state index in [0.717, 1.165) is 4.47 Å². The molecule has 0 bridgehead atoms. The van der Waals surface area contributed by atoms with Crippen LogP contribution in [0.1, 0.15) is 13.8 Å². The average Bonchev–Trinajstić information content (AvgIpc) is 2.77. The van der Waals surface area contributed by atoms with E-state index in [1.807, 2.05) is 6.07 Å². The van der Waals surface area contributed by atoms with Crippen LogP contribution in [0.3, 0.4) is 0 Å². The number of aromatic nitrogens is 5. The Morgan fingerprint density at radius 2 is 2.26 bits per heavy atom. The van der Waals surface area contributed by atoms with Crippen molar-refractivity contribution >= 4 is 21.9 Å². The van der Waals surface area contributed by atoms with Crippen LogP contribution in [0, 0.1) is 5.41 Å². The minimum atomic E-state index is -0.967. The molecule has 0 spiro atoms. The van der Waals surface area contributed by atoms with Gasteiger partial charge < -0.3 is 5.11 Å².